The highest BCUT2D eigenvalue weighted by molar-refractivity contribution is 5.75. The van der Waals surface area contributed by atoms with Crippen molar-refractivity contribution in [3.8, 4) is 0 Å². The molecule has 1 aromatic carbocycles. The second kappa shape index (κ2) is 6.56. The quantitative estimate of drug-likeness (QED) is 0.908. The Morgan fingerprint density at radius 3 is 2.67 bits per heavy atom. The minimum Gasteiger partial charge on any atom is -0.327 e. The minimum absolute atomic E-state index is 0.804. The Kier molecular flexibility index (Phi) is 4.53. The lowest BCUT2D eigenvalue weighted by Gasteiger charge is -2.32. The smallest absolute Gasteiger partial charge is 0.125 e. The maximum atomic E-state index is 4.79. The van der Waals surface area contributed by atoms with Crippen LogP contribution in [0.25, 0.3) is 11.0 Å². The lowest BCUT2D eigenvalue weighted by Crippen LogP contribution is -2.50. The molecule has 0 spiro atoms. The van der Waals surface area contributed by atoms with Crippen molar-refractivity contribution in [3.05, 3.63) is 30.1 Å². The van der Waals surface area contributed by atoms with E-state index in [2.05, 4.69) is 58.1 Å². The first-order valence-electron chi connectivity index (χ1n) is 7.89. The number of nitrogens with one attached hydrogen (secondary N) is 1. The minimum atomic E-state index is 0.804. The largest absolute Gasteiger partial charge is 0.327 e. The number of rotatable bonds is 5. The van der Waals surface area contributed by atoms with Crippen molar-refractivity contribution in [3.63, 3.8) is 0 Å². The van der Waals surface area contributed by atoms with Crippen molar-refractivity contribution in [2.45, 2.75) is 26.4 Å². The number of fused-ring (bicyclic) bond motifs is 1. The van der Waals surface area contributed by atoms with Crippen LogP contribution < -0.4 is 5.43 Å². The second-order valence-electron chi connectivity index (χ2n) is 5.79. The van der Waals surface area contributed by atoms with Gasteiger partial charge in [-0.15, -0.1) is 0 Å². The van der Waals surface area contributed by atoms with Gasteiger partial charge in [-0.1, -0.05) is 19.1 Å². The van der Waals surface area contributed by atoms with E-state index in [0.717, 1.165) is 57.0 Å². The van der Waals surface area contributed by atoms with Crippen LogP contribution in [-0.4, -0.2) is 52.7 Å². The Morgan fingerprint density at radius 2 is 1.90 bits per heavy atom. The Balaban J connectivity index is 1.72. The second-order valence-corrected chi connectivity index (χ2v) is 5.79. The summed E-state index contributed by atoms with van der Waals surface area (Å²) >= 11 is 0. The van der Waals surface area contributed by atoms with Gasteiger partial charge in [-0.25, -0.2) is 15.4 Å². The SMILES string of the molecule is CCCn1c(CNN2CCN(C)CC2)nc2ccccc21. The molecule has 0 aliphatic carbocycles. The van der Waals surface area contributed by atoms with E-state index in [-0.39, 0.29) is 0 Å². The lowest BCUT2D eigenvalue weighted by molar-refractivity contribution is 0.101. The number of hydrogen-bond acceptors (Lipinski definition) is 4. The van der Waals surface area contributed by atoms with Crippen molar-refractivity contribution < 1.29 is 0 Å². The number of aryl methyl sites for hydroxylation is 1. The first-order valence-corrected chi connectivity index (χ1v) is 7.89. The summed E-state index contributed by atoms with van der Waals surface area (Å²) in [5, 5.41) is 2.32. The number of hydrazine groups is 1. The van der Waals surface area contributed by atoms with Gasteiger partial charge in [-0.2, -0.15) is 0 Å². The molecule has 3 rings (SSSR count). The van der Waals surface area contributed by atoms with Gasteiger partial charge in [0.05, 0.1) is 17.6 Å². The molecule has 1 fully saturated rings. The van der Waals surface area contributed by atoms with Gasteiger partial charge in [0, 0.05) is 32.7 Å². The zero-order valence-electron chi connectivity index (χ0n) is 13.0. The Hall–Kier alpha value is -1.43. The van der Waals surface area contributed by atoms with Crippen molar-refractivity contribution in [1.82, 2.24) is 24.9 Å². The molecular formula is C16H25N5. The van der Waals surface area contributed by atoms with Gasteiger partial charge in [0.1, 0.15) is 5.82 Å². The number of piperazine rings is 1. The molecule has 0 bridgehead atoms. The van der Waals surface area contributed by atoms with E-state index in [1.165, 1.54) is 5.52 Å². The van der Waals surface area contributed by atoms with Gasteiger partial charge in [0.2, 0.25) is 0 Å². The molecule has 1 aliphatic heterocycles. The van der Waals surface area contributed by atoms with Crippen LogP contribution in [0.2, 0.25) is 0 Å². The van der Waals surface area contributed by atoms with Crippen molar-refractivity contribution in [2.24, 2.45) is 0 Å². The van der Waals surface area contributed by atoms with Crippen molar-refractivity contribution >= 4 is 11.0 Å². The predicted molar refractivity (Wildman–Crippen MR) is 85.9 cm³/mol. The highest BCUT2D eigenvalue weighted by Crippen LogP contribution is 2.16. The van der Waals surface area contributed by atoms with E-state index in [0.29, 0.717) is 0 Å². The fraction of sp³-hybridized carbons (Fsp3) is 0.562. The number of imidazole rings is 1. The Labute approximate surface area is 126 Å². The molecule has 5 nitrogen and oxygen atoms in total. The third-order valence-corrected chi connectivity index (χ3v) is 4.14. The normalized spacial score (nSPS) is 17.6. The summed E-state index contributed by atoms with van der Waals surface area (Å²) in [6.45, 7) is 8.44. The molecule has 1 aromatic heterocycles. The van der Waals surface area contributed by atoms with Crippen LogP contribution in [0.5, 0.6) is 0 Å². The molecular weight excluding hydrogens is 262 g/mol. The highest BCUT2D eigenvalue weighted by atomic mass is 15.5. The number of aromatic nitrogens is 2. The van der Waals surface area contributed by atoms with Crippen molar-refractivity contribution in [2.75, 3.05) is 33.2 Å². The predicted octanol–water partition coefficient (Wildman–Crippen LogP) is 1.70. The maximum Gasteiger partial charge on any atom is 0.125 e. The molecule has 21 heavy (non-hydrogen) atoms. The van der Waals surface area contributed by atoms with E-state index in [1.807, 2.05) is 0 Å². The molecule has 1 N–H and O–H groups in total. The van der Waals surface area contributed by atoms with Gasteiger partial charge < -0.3 is 9.47 Å². The lowest BCUT2D eigenvalue weighted by atomic mass is 10.3. The number of benzene rings is 1. The van der Waals surface area contributed by atoms with Gasteiger partial charge in [0.25, 0.3) is 0 Å². The van der Waals surface area contributed by atoms with Gasteiger partial charge in [0.15, 0.2) is 0 Å². The molecule has 1 aliphatic rings. The van der Waals surface area contributed by atoms with E-state index in [1.54, 1.807) is 0 Å². The highest BCUT2D eigenvalue weighted by Gasteiger charge is 2.15. The molecule has 114 valence electrons. The molecule has 0 atom stereocenters. The van der Waals surface area contributed by atoms with E-state index in [9.17, 15) is 0 Å². The first-order chi connectivity index (χ1) is 10.3. The zero-order valence-corrected chi connectivity index (χ0v) is 13.0. The molecule has 0 unspecified atom stereocenters. The van der Waals surface area contributed by atoms with Crippen LogP contribution in [0, 0.1) is 0 Å². The molecule has 0 radical (unpaired) electrons. The van der Waals surface area contributed by atoms with E-state index < -0.39 is 0 Å². The first kappa shape index (κ1) is 14.5. The summed E-state index contributed by atoms with van der Waals surface area (Å²) in [7, 11) is 2.18. The number of hydrogen-bond donors (Lipinski definition) is 1. The van der Waals surface area contributed by atoms with Crippen LogP contribution in [0.3, 0.4) is 0 Å². The zero-order chi connectivity index (χ0) is 14.7. The average Bonchev–Trinajstić information content (AvgIpc) is 2.85. The molecule has 2 heterocycles. The summed E-state index contributed by atoms with van der Waals surface area (Å²) in [4.78, 5) is 7.16. The van der Waals surface area contributed by atoms with Crippen LogP contribution in [0.4, 0.5) is 0 Å². The fourth-order valence-electron chi connectivity index (χ4n) is 2.88. The van der Waals surface area contributed by atoms with Gasteiger partial charge in [-0.05, 0) is 25.6 Å². The summed E-state index contributed by atoms with van der Waals surface area (Å²) in [6.07, 6.45) is 1.13. The van der Waals surface area contributed by atoms with Crippen LogP contribution >= 0.6 is 0 Å². The average molecular weight is 287 g/mol. The van der Waals surface area contributed by atoms with Crippen molar-refractivity contribution in [1.29, 1.82) is 0 Å². The summed E-state index contributed by atoms with van der Waals surface area (Å²) in [6, 6.07) is 8.41. The molecule has 5 heteroatoms. The molecule has 2 aromatic rings. The number of likely N-dealkylation sites (N-methyl/N-ethyl adjacent to an activating group) is 1. The molecule has 0 amide bonds. The van der Waals surface area contributed by atoms with Crippen LogP contribution in [0.1, 0.15) is 19.2 Å². The summed E-state index contributed by atoms with van der Waals surface area (Å²) < 4.78 is 2.35. The molecule has 0 saturated carbocycles. The Bertz CT molecular complexity index is 583. The van der Waals surface area contributed by atoms with Crippen LogP contribution in [-0.2, 0) is 13.1 Å². The standard InChI is InChI=1S/C16H25N5/c1-3-8-21-15-7-5-4-6-14(15)18-16(21)13-17-20-11-9-19(2)10-12-20/h4-7,17H,3,8-13H2,1-2H3. The third kappa shape index (κ3) is 3.26. The number of para-hydroxylation sites is 2. The number of nitrogens with zero attached hydrogens (tertiary/aromatic N) is 4. The van der Waals surface area contributed by atoms with Crippen LogP contribution in [0.15, 0.2) is 24.3 Å². The van der Waals surface area contributed by atoms with Gasteiger partial charge >= 0.3 is 0 Å². The van der Waals surface area contributed by atoms with E-state index in [4.69, 9.17) is 4.98 Å². The Morgan fingerprint density at radius 1 is 1.14 bits per heavy atom. The third-order valence-electron chi connectivity index (χ3n) is 4.14. The van der Waals surface area contributed by atoms with Gasteiger partial charge in [-0.3, -0.25) is 0 Å². The molecule has 1 saturated heterocycles. The van der Waals surface area contributed by atoms with E-state index >= 15 is 0 Å². The monoisotopic (exact) mass is 287 g/mol. The fourth-order valence-corrected chi connectivity index (χ4v) is 2.88. The maximum absolute atomic E-state index is 4.79. The topological polar surface area (TPSA) is 36.3 Å². The summed E-state index contributed by atoms with van der Waals surface area (Å²) in [5.41, 5.74) is 5.88. The summed E-state index contributed by atoms with van der Waals surface area (Å²) in [5.74, 6) is 1.14.